The third kappa shape index (κ3) is 2.36. The summed E-state index contributed by atoms with van der Waals surface area (Å²) in [6, 6.07) is 6.50. The maximum Gasteiger partial charge on any atom is 0.126 e. The van der Waals surface area contributed by atoms with Gasteiger partial charge in [-0.1, -0.05) is 18.2 Å². The topological polar surface area (TPSA) is 43.8 Å². The van der Waals surface area contributed by atoms with E-state index in [-0.39, 0.29) is 11.9 Å². The molecule has 2 aromatic rings. The third-order valence-electron chi connectivity index (χ3n) is 3.07. The maximum atomic E-state index is 13.5. The van der Waals surface area contributed by atoms with Crippen molar-refractivity contribution in [2.45, 2.75) is 19.4 Å². The van der Waals surface area contributed by atoms with Crippen molar-refractivity contribution in [3.8, 4) is 0 Å². The van der Waals surface area contributed by atoms with E-state index in [9.17, 15) is 4.39 Å². The number of nitrogens with two attached hydrogens (primary N) is 1. The Labute approximate surface area is 100 Å². The number of aromatic nitrogens is 2. The second kappa shape index (κ2) is 4.67. The summed E-state index contributed by atoms with van der Waals surface area (Å²) in [7, 11) is 1.87. The van der Waals surface area contributed by atoms with Gasteiger partial charge in [0, 0.05) is 24.3 Å². The van der Waals surface area contributed by atoms with Crippen LogP contribution in [0, 0.1) is 12.7 Å². The predicted molar refractivity (Wildman–Crippen MR) is 65.0 cm³/mol. The van der Waals surface area contributed by atoms with Crippen LogP contribution in [0.15, 0.2) is 30.5 Å². The van der Waals surface area contributed by atoms with E-state index in [2.05, 4.69) is 5.10 Å². The molecule has 0 spiro atoms. The molecule has 0 aliphatic heterocycles. The fourth-order valence-corrected chi connectivity index (χ4v) is 1.89. The quantitative estimate of drug-likeness (QED) is 0.882. The number of aryl methyl sites for hydroxylation is 1. The Hall–Kier alpha value is -1.68. The smallest absolute Gasteiger partial charge is 0.126 e. The van der Waals surface area contributed by atoms with Gasteiger partial charge in [0.1, 0.15) is 5.82 Å². The molecule has 1 aromatic carbocycles. The van der Waals surface area contributed by atoms with Gasteiger partial charge in [-0.3, -0.25) is 4.68 Å². The molecule has 0 radical (unpaired) electrons. The minimum absolute atomic E-state index is 0.204. The van der Waals surface area contributed by atoms with Crippen LogP contribution < -0.4 is 5.73 Å². The van der Waals surface area contributed by atoms with Gasteiger partial charge in [-0.2, -0.15) is 5.10 Å². The molecular formula is C13H16FN3. The fourth-order valence-electron chi connectivity index (χ4n) is 1.89. The average molecular weight is 233 g/mol. The zero-order valence-corrected chi connectivity index (χ0v) is 10.0. The van der Waals surface area contributed by atoms with Gasteiger partial charge in [0.15, 0.2) is 0 Å². The largest absolute Gasteiger partial charge is 0.324 e. The molecule has 1 atom stereocenters. The highest BCUT2D eigenvalue weighted by Gasteiger charge is 2.14. The molecule has 0 saturated heterocycles. The third-order valence-corrected chi connectivity index (χ3v) is 3.07. The minimum Gasteiger partial charge on any atom is -0.324 e. The summed E-state index contributed by atoms with van der Waals surface area (Å²) in [5, 5.41) is 4.14. The summed E-state index contributed by atoms with van der Waals surface area (Å²) in [6.07, 6.45) is 2.24. The lowest BCUT2D eigenvalue weighted by Crippen LogP contribution is -2.15. The van der Waals surface area contributed by atoms with Crippen LogP contribution in [0.1, 0.15) is 22.9 Å². The van der Waals surface area contributed by atoms with Gasteiger partial charge < -0.3 is 5.73 Å². The molecule has 0 aliphatic carbocycles. The maximum absolute atomic E-state index is 13.5. The molecule has 3 nitrogen and oxygen atoms in total. The zero-order chi connectivity index (χ0) is 12.4. The number of nitrogens with zero attached hydrogens (tertiary/aromatic N) is 2. The van der Waals surface area contributed by atoms with Crippen LogP contribution in [-0.2, 0) is 13.5 Å². The minimum atomic E-state index is -0.222. The van der Waals surface area contributed by atoms with Crippen LogP contribution in [-0.4, -0.2) is 9.78 Å². The van der Waals surface area contributed by atoms with Crippen molar-refractivity contribution < 1.29 is 4.39 Å². The Bertz CT molecular complexity index is 519. The second-order valence-corrected chi connectivity index (χ2v) is 4.21. The molecule has 17 heavy (non-hydrogen) atoms. The summed E-state index contributed by atoms with van der Waals surface area (Å²) in [5.41, 5.74) is 8.72. The van der Waals surface area contributed by atoms with Crippen LogP contribution in [0.2, 0.25) is 0 Å². The van der Waals surface area contributed by atoms with Crippen molar-refractivity contribution in [1.29, 1.82) is 0 Å². The number of rotatable bonds is 3. The molecule has 0 aliphatic rings. The second-order valence-electron chi connectivity index (χ2n) is 4.21. The summed E-state index contributed by atoms with van der Waals surface area (Å²) in [4.78, 5) is 0. The van der Waals surface area contributed by atoms with Crippen LogP contribution >= 0.6 is 0 Å². The van der Waals surface area contributed by atoms with Crippen molar-refractivity contribution in [2.75, 3.05) is 0 Å². The molecule has 2 N–H and O–H groups in total. The summed E-state index contributed by atoms with van der Waals surface area (Å²) < 4.78 is 15.3. The molecule has 0 amide bonds. The summed E-state index contributed by atoms with van der Waals surface area (Å²) in [6.45, 7) is 1.96. The lowest BCUT2D eigenvalue weighted by molar-refractivity contribution is 0.592. The highest BCUT2D eigenvalue weighted by Crippen LogP contribution is 2.20. The lowest BCUT2D eigenvalue weighted by atomic mass is 10.00. The van der Waals surface area contributed by atoms with Crippen LogP contribution in [0.3, 0.4) is 0 Å². The van der Waals surface area contributed by atoms with E-state index in [1.165, 1.54) is 6.07 Å². The molecule has 1 unspecified atom stereocenters. The molecule has 1 heterocycles. The van der Waals surface area contributed by atoms with Crippen molar-refractivity contribution in [1.82, 2.24) is 9.78 Å². The van der Waals surface area contributed by atoms with E-state index in [0.29, 0.717) is 12.0 Å². The highest BCUT2D eigenvalue weighted by atomic mass is 19.1. The van der Waals surface area contributed by atoms with Gasteiger partial charge in [0.2, 0.25) is 0 Å². The Morgan fingerprint density at radius 1 is 1.41 bits per heavy atom. The van der Waals surface area contributed by atoms with Crippen molar-refractivity contribution in [3.05, 3.63) is 53.1 Å². The molecule has 0 fully saturated rings. The normalized spacial score (nSPS) is 12.7. The van der Waals surface area contributed by atoms with E-state index >= 15 is 0 Å². The van der Waals surface area contributed by atoms with Gasteiger partial charge in [0.05, 0.1) is 6.20 Å². The Balaban J connectivity index is 2.20. The van der Waals surface area contributed by atoms with E-state index < -0.39 is 0 Å². The number of hydrogen-bond donors (Lipinski definition) is 1. The highest BCUT2D eigenvalue weighted by molar-refractivity contribution is 5.25. The fraction of sp³-hybridized carbons (Fsp3) is 0.308. The van der Waals surface area contributed by atoms with Gasteiger partial charge in [0.25, 0.3) is 0 Å². The molecule has 90 valence electrons. The number of benzene rings is 1. The first kappa shape index (κ1) is 11.8. The Kier molecular flexibility index (Phi) is 3.24. The van der Waals surface area contributed by atoms with E-state index in [0.717, 1.165) is 11.3 Å². The van der Waals surface area contributed by atoms with Crippen LogP contribution in [0.5, 0.6) is 0 Å². The van der Waals surface area contributed by atoms with Gasteiger partial charge >= 0.3 is 0 Å². The van der Waals surface area contributed by atoms with Crippen LogP contribution in [0.4, 0.5) is 4.39 Å². The Morgan fingerprint density at radius 3 is 2.71 bits per heavy atom. The van der Waals surface area contributed by atoms with Crippen LogP contribution in [0.25, 0.3) is 0 Å². The zero-order valence-electron chi connectivity index (χ0n) is 10.0. The summed E-state index contributed by atoms with van der Waals surface area (Å²) in [5.74, 6) is -0.204. The molecular weight excluding hydrogens is 217 g/mol. The number of halogens is 1. The SMILES string of the molecule is Cc1c(C(N)Cc2ccccc2F)cnn1C. The standard InChI is InChI=1S/C13H16FN3/c1-9-11(8-16-17(9)2)13(15)7-10-5-3-4-6-12(10)14/h3-6,8,13H,7,15H2,1-2H3. The average Bonchev–Trinajstić information content (AvgIpc) is 2.63. The molecule has 4 heteroatoms. The van der Waals surface area contributed by atoms with E-state index in [1.54, 1.807) is 23.0 Å². The van der Waals surface area contributed by atoms with Gasteiger partial charge in [-0.15, -0.1) is 0 Å². The molecule has 0 saturated carbocycles. The lowest BCUT2D eigenvalue weighted by Gasteiger charge is -2.12. The first-order valence-electron chi connectivity index (χ1n) is 5.57. The van der Waals surface area contributed by atoms with Crippen molar-refractivity contribution in [3.63, 3.8) is 0 Å². The predicted octanol–water partition coefficient (Wildman–Crippen LogP) is 2.11. The molecule has 0 bridgehead atoms. The van der Waals surface area contributed by atoms with E-state index in [1.807, 2.05) is 20.0 Å². The van der Waals surface area contributed by atoms with Gasteiger partial charge in [-0.25, -0.2) is 4.39 Å². The molecule has 2 rings (SSSR count). The first-order valence-corrected chi connectivity index (χ1v) is 5.57. The van der Waals surface area contributed by atoms with E-state index in [4.69, 9.17) is 5.73 Å². The molecule has 1 aromatic heterocycles. The van der Waals surface area contributed by atoms with Crippen molar-refractivity contribution in [2.24, 2.45) is 12.8 Å². The Morgan fingerprint density at radius 2 is 2.12 bits per heavy atom. The number of hydrogen-bond acceptors (Lipinski definition) is 2. The monoisotopic (exact) mass is 233 g/mol. The van der Waals surface area contributed by atoms with Crippen molar-refractivity contribution >= 4 is 0 Å². The summed E-state index contributed by atoms with van der Waals surface area (Å²) >= 11 is 0. The first-order chi connectivity index (χ1) is 8.09. The van der Waals surface area contributed by atoms with Gasteiger partial charge in [-0.05, 0) is 25.0 Å².